The SMILES string of the molecule is CCCCNc1cc(N2CCC(C(N)=O)C2)nc(N)n1. The Bertz CT molecular complexity index is 478. The lowest BCUT2D eigenvalue weighted by Gasteiger charge is -2.18. The van der Waals surface area contributed by atoms with E-state index in [1.54, 1.807) is 0 Å². The first kappa shape index (κ1) is 14.4. The number of hydrogen-bond acceptors (Lipinski definition) is 6. The van der Waals surface area contributed by atoms with Crippen LogP contribution in [0, 0.1) is 5.92 Å². The van der Waals surface area contributed by atoms with E-state index in [1.165, 1.54) is 0 Å². The lowest BCUT2D eigenvalue weighted by molar-refractivity contribution is -0.121. The van der Waals surface area contributed by atoms with E-state index in [1.807, 2.05) is 11.0 Å². The number of hydrogen-bond donors (Lipinski definition) is 3. The monoisotopic (exact) mass is 278 g/mol. The quantitative estimate of drug-likeness (QED) is 0.657. The summed E-state index contributed by atoms with van der Waals surface area (Å²) in [6, 6.07) is 1.87. The zero-order chi connectivity index (χ0) is 14.5. The van der Waals surface area contributed by atoms with Crippen LogP contribution in [0.2, 0.25) is 0 Å². The van der Waals surface area contributed by atoms with Crippen molar-refractivity contribution < 1.29 is 4.79 Å². The van der Waals surface area contributed by atoms with Gasteiger partial charge in [-0.05, 0) is 12.8 Å². The number of unbranched alkanes of at least 4 members (excludes halogenated alkanes) is 1. The van der Waals surface area contributed by atoms with Crippen LogP contribution < -0.4 is 21.7 Å². The number of nitrogens with one attached hydrogen (secondary N) is 1. The van der Waals surface area contributed by atoms with Crippen LogP contribution >= 0.6 is 0 Å². The van der Waals surface area contributed by atoms with Gasteiger partial charge in [-0.3, -0.25) is 4.79 Å². The molecule has 1 saturated heterocycles. The van der Waals surface area contributed by atoms with Crippen molar-refractivity contribution in [3.05, 3.63) is 6.07 Å². The minimum atomic E-state index is -0.254. The molecule has 0 radical (unpaired) electrons. The highest BCUT2D eigenvalue weighted by atomic mass is 16.1. The van der Waals surface area contributed by atoms with Crippen molar-refractivity contribution in [1.29, 1.82) is 0 Å². The van der Waals surface area contributed by atoms with Gasteiger partial charge in [0.2, 0.25) is 11.9 Å². The highest BCUT2D eigenvalue weighted by molar-refractivity contribution is 5.78. The second-order valence-electron chi connectivity index (χ2n) is 5.08. The lowest BCUT2D eigenvalue weighted by Crippen LogP contribution is -2.28. The van der Waals surface area contributed by atoms with Crippen molar-refractivity contribution in [3.63, 3.8) is 0 Å². The van der Waals surface area contributed by atoms with E-state index in [4.69, 9.17) is 11.5 Å². The molecule has 5 N–H and O–H groups in total. The standard InChI is InChI=1S/C13H22N6O/c1-2-3-5-16-10-7-11(18-13(15)17-10)19-6-4-9(8-19)12(14)20/h7,9H,2-6,8H2,1H3,(H2,14,20)(H3,15,16,17,18). The third-order valence-electron chi connectivity index (χ3n) is 3.48. The number of rotatable bonds is 6. The van der Waals surface area contributed by atoms with E-state index >= 15 is 0 Å². The minimum absolute atomic E-state index is 0.109. The van der Waals surface area contributed by atoms with Crippen molar-refractivity contribution in [2.24, 2.45) is 11.7 Å². The summed E-state index contributed by atoms with van der Waals surface area (Å²) in [5.41, 5.74) is 11.1. The molecule has 2 rings (SSSR count). The predicted octanol–water partition coefficient (Wildman–Crippen LogP) is 0.582. The summed E-state index contributed by atoms with van der Waals surface area (Å²) in [4.78, 5) is 21.6. The molecule has 110 valence electrons. The van der Waals surface area contributed by atoms with Crippen molar-refractivity contribution in [2.75, 3.05) is 35.6 Å². The Morgan fingerprint density at radius 1 is 1.55 bits per heavy atom. The van der Waals surface area contributed by atoms with Crippen molar-refractivity contribution >= 4 is 23.5 Å². The summed E-state index contributed by atoms with van der Waals surface area (Å²) < 4.78 is 0. The molecule has 0 spiro atoms. The summed E-state index contributed by atoms with van der Waals surface area (Å²) in [6.45, 7) is 4.35. The van der Waals surface area contributed by atoms with Crippen LogP contribution in [0.3, 0.4) is 0 Å². The fourth-order valence-corrected chi connectivity index (χ4v) is 2.30. The molecule has 2 heterocycles. The molecule has 1 fully saturated rings. The van der Waals surface area contributed by atoms with Crippen molar-refractivity contribution in [2.45, 2.75) is 26.2 Å². The van der Waals surface area contributed by atoms with Crippen LogP contribution in [-0.2, 0) is 4.79 Å². The fraction of sp³-hybridized carbons (Fsp3) is 0.615. The average molecular weight is 278 g/mol. The minimum Gasteiger partial charge on any atom is -0.370 e. The Balaban J connectivity index is 2.06. The first-order valence-electron chi connectivity index (χ1n) is 7.03. The third kappa shape index (κ3) is 3.49. The highest BCUT2D eigenvalue weighted by Gasteiger charge is 2.27. The molecular formula is C13H22N6O. The second kappa shape index (κ2) is 6.40. The topological polar surface area (TPSA) is 110 Å². The van der Waals surface area contributed by atoms with Crippen molar-refractivity contribution in [1.82, 2.24) is 9.97 Å². The Kier molecular flexibility index (Phi) is 4.60. The summed E-state index contributed by atoms with van der Waals surface area (Å²) in [6.07, 6.45) is 2.96. The van der Waals surface area contributed by atoms with Crippen LogP contribution in [0.4, 0.5) is 17.6 Å². The Morgan fingerprint density at radius 2 is 2.35 bits per heavy atom. The summed E-state index contributed by atoms with van der Waals surface area (Å²) in [5, 5.41) is 3.23. The maximum absolute atomic E-state index is 11.2. The van der Waals surface area contributed by atoms with Gasteiger partial charge in [-0.25, -0.2) is 0 Å². The average Bonchev–Trinajstić information content (AvgIpc) is 2.88. The molecule has 7 heteroatoms. The molecule has 0 bridgehead atoms. The van der Waals surface area contributed by atoms with Crippen LogP contribution in [0.15, 0.2) is 6.07 Å². The zero-order valence-corrected chi connectivity index (χ0v) is 11.8. The van der Waals surface area contributed by atoms with Gasteiger partial charge in [0.1, 0.15) is 11.6 Å². The van der Waals surface area contributed by atoms with Gasteiger partial charge in [-0.2, -0.15) is 9.97 Å². The van der Waals surface area contributed by atoms with Crippen LogP contribution in [0.25, 0.3) is 0 Å². The number of primary amides is 1. The van der Waals surface area contributed by atoms with Gasteiger partial charge < -0.3 is 21.7 Å². The van der Waals surface area contributed by atoms with E-state index in [-0.39, 0.29) is 17.8 Å². The molecule has 1 aromatic heterocycles. The Morgan fingerprint density at radius 3 is 3.00 bits per heavy atom. The molecule has 0 aliphatic carbocycles. The summed E-state index contributed by atoms with van der Waals surface area (Å²) in [5.74, 6) is 1.35. The lowest BCUT2D eigenvalue weighted by atomic mass is 10.1. The first-order chi connectivity index (χ1) is 9.60. The van der Waals surface area contributed by atoms with Crippen LogP contribution in [0.5, 0.6) is 0 Å². The third-order valence-corrected chi connectivity index (χ3v) is 3.48. The highest BCUT2D eigenvalue weighted by Crippen LogP contribution is 2.24. The van der Waals surface area contributed by atoms with Gasteiger partial charge >= 0.3 is 0 Å². The molecule has 0 aromatic carbocycles. The largest absolute Gasteiger partial charge is 0.370 e. The fourth-order valence-electron chi connectivity index (χ4n) is 2.30. The predicted molar refractivity (Wildman–Crippen MR) is 79.4 cm³/mol. The number of carbonyl (C=O) groups is 1. The maximum Gasteiger partial charge on any atom is 0.223 e. The molecule has 1 atom stereocenters. The Labute approximate surface area is 118 Å². The van der Waals surface area contributed by atoms with Gasteiger partial charge in [0, 0.05) is 25.7 Å². The molecule has 1 unspecified atom stereocenters. The number of aromatic nitrogens is 2. The summed E-state index contributed by atoms with van der Waals surface area (Å²) >= 11 is 0. The van der Waals surface area contributed by atoms with Gasteiger partial charge in [0.25, 0.3) is 0 Å². The molecule has 1 amide bonds. The van der Waals surface area contributed by atoms with Crippen LogP contribution in [0.1, 0.15) is 26.2 Å². The smallest absolute Gasteiger partial charge is 0.223 e. The van der Waals surface area contributed by atoms with E-state index in [0.29, 0.717) is 6.54 Å². The first-order valence-corrected chi connectivity index (χ1v) is 7.03. The van der Waals surface area contributed by atoms with Gasteiger partial charge in [0.05, 0.1) is 5.92 Å². The van der Waals surface area contributed by atoms with Gasteiger partial charge in [-0.1, -0.05) is 13.3 Å². The number of anilines is 3. The summed E-state index contributed by atoms with van der Waals surface area (Å²) in [7, 11) is 0. The molecule has 0 saturated carbocycles. The number of amides is 1. The van der Waals surface area contributed by atoms with Crippen molar-refractivity contribution in [3.8, 4) is 0 Å². The maximum atomic E-state index is 11.2. The molecule has 7 nitrogen and oxygen atoms in total. The molecule has 1 aliphatic heterocycles. The van der Waals surface area contributed by atoms with E-state index in [9.17, 15) is 4.79 Å². The zero-order valence-electron chi connectivity index (χ0n) is 11.8. The number of carbonyl (C=O) groups excluding carboxylic acids is 1. The van der Waals surface area contributed by atoms with E-state index in [0.717, 1.165) is 44.0 Å². The number of nitrogens with zero attached hydrogens (tertiary/aromatic N) is 3. The van der Waals surface area contributed by atoms with E-state index < -0.39 is 0 Å². The normalized spacial score (nSPS) is 18.2. The second-order valence-corrected chi connectivity index (χ2v) is 5.08. The Hall–Kier alpha value is -2.05. The molecular weight excluding hydrogens is 256 g/mol. The van der Waals surface area contributed by atoms with Crippen LogP contribution in [-0.4, -0.2) is 35.5 Å². The van der Waals surface area contributed by atoms with Gasteiger partial charge in [-0.15, -0.1) is 0 Å². The molecule has 1 aliphatic rings. The number of nitrogens with two attached hydrogens (primary N) is 2. The van der Waals surface area contributed by atoms with E-state index in [2.05, 4.69) is 22.2 Å². The molecule has 1 aromatic rings. The molecule has 20 heavy (non-hydrogen) atoms. The number of nitrogen functional groups attached to an aromatic ring is 1. The van der Waals surface area contributed by atoms with Gasteiger partial charge in [0.15, 0.2) is 0 Å².